The highest BCUT2D eigenvalue weighted by molar-refractivity contribution is 9.10. The summed E-state index contributed by atoms with van der Waals surface area (Å²) in [7, 11) is 1.85. The van der Waals surface area contributed by atoms with Gasteiger partial charge in [-0.25, -0.2) is 0 Å². The third kappa shape index (κ3) is 3.95. The summed E-state index contributed by atoms with van der Waals surface area (Å²) in [6.45, 7) is 2.29. The number of rotatable bonds is 4. The topological polar surface area (TPSA) is 55.6 Å². The molecule has 1 fully saturated rings. The van der Waals surface area contributed by atoms with Gasteiger partial charge in [-0.3, -0.25) is 4.79 Å². The van der Waals surface area contributed by atoms with Crippen LogP contribution in [0.25, 0.3) is 0 Å². The Morgan fingerprint density at radius 3 is 2.70 bits per heavy atom. The molecule has 0 spiro atoms. The zero-order chi connectivity index (χ0) is 13.9. The van der Waals surface area contributed by atoms with Crippen molar-refractivity contribution in [2.75, 3.05) is 26.8 Å². The van der Waals surface area contributed by atoms with Gasteiger partial charge in [0, 0.05) is 41.5 Å². The predicted octanol–water partition coefficient (Wildman–Crippen LogP) is 2.65. The number of hydrogen-bond donors (Lipinski definition) is 1. The molecule has 0 saturated carbocycles. The van der Waals surface area contributed by atoms with Crippen molar-refractivity contribution in [1.29, 1.82) is 0 Å². The quantitative estimate of drug-likeness (QED) is 0.869. The van der Waals surface area contributed by atoms with Crippen molar-refractivity contribution in [1.82, 2.24) is 4.90 Å². The highest BCUT2D eigenvalue weighted by Crippen LogP contribution is 2.32. The van der Waals surface area contributed by atoms with Crippen LogP contribution in [0, 0.1) is 5.41 Å². The molecule has 0 bridgehead atoms. The maximum Gasteiger partial charge on any atom is 0.230 e. The number of nitrogens with zero attached hydrogens (tertiary/aromatic N) is 1. The molecule has 0 aliphatic carbocycles. The summed E-state index contributed by atoms with van der Waals surface area (Å²) in [6, 6.07) is 2.05. The summed E-state index contributed by atoms with van der Waals surface area (Å²) in [5.74, 6) is 0.142. The average Bonchev–Trinajstić information content (AvgIpc) is 2.84. The summed E-state index contributed by atoms with van der Waals surface area (Å²) in [5, 5.41) is 2.03. The van der Waals surface area contributed by atoms with Gasteiger partial charge in [-0.2, -0.15) is 0 Å². The van der Waals surface area contributed by atoms with E-state index < -0.39 is 5.41 Å². The van der Waals surface area contributed by atoms with Gasteiger partial charge >= 0.3 is 0 Å². The molecular weight excluding hydrogens is 364 g/mol. The minimum Gasteiger partial charge on any atom is -0.381 e. The Morgan fingerprint density at radius 1 is 1.55 bits per heavy atom. The average molecular weight is 384 g/mol. The molecule has 2 rings (SSSR count). The fourth-order valence-corrected chi connectivity index (χ4v) is 3.92. The second-order valence-corrected chi connectivity index (χ2v) is 6.90. The minimum atomic E-state index is -0.429. The van der Waals surface area contributed by atoms with Crippen LogP contribution in [-0.4, -0.2) is 37.6 Å². The fraction of sp³-hybridized carbons (Fsp3) is 0.615. The van der Waals surface area contributed by atoms with E-state index >= 15 is 0 Å². The van der Waals surface area contributed by atoms with E-state index in [1.807, 2.05) is 18.5 Å². The molecule has 4 nitrogen and oxygen atoms in total. The number of halogens is 2. The van der Waals surface area contributed by atoms with Crippen molar-refractivity contribution in [3.8, 4) is 0 Å². The van der Waals surface area contributed by atoms with Crippen LogP contribution in [0.5, 0.6) is 0 Å². The standard InChI is InChI=1S/C13H19BrN2O2S.ClH/c1-16(7-11-6-10(14)8-19-11)12(17)13(9-15)2-4-18-5-3-13;/h6,8H,2-5,7,9,15H2,1H3;1H. The molecule has 1 aliphatic heterocycles. The van der Waals surface area contributed by atoms with Crippen LogP contribution in [0.4, 0.5) is 0 Å². The number of amides is 1. The molecular formula is C13H20BrClN2O2S. The van der Waals surface area contributed by atoms with Crippen molar-refractivity contribution in [3.05, 3.63) is 20.8 Å². The zero-order valence-electron chi connectivity index (χ0n) is 11.4. The first kappa shape index (κ1) is 17.9. The molecule has 1 aliphatic rings. The van der Waals surface area contributed by atoms with Crippen molar-refractivity contribution >= 4 is 45.6 Å². The molecule has 0 radical (unpaired) electrons. The SMILES string of the molecule is CN(Cc1cc(Br)cs1)C(=O)C1(CN)CCOCC1.Cl. The van der Waals surface area contributed by atoms with Gasteiger partial charge in [0.25, 0.3) is 0 Å². The number of hydrogen-bond acceptors (Lipinski definition) is 4. The lowest BCUT2D eigenvalue weighted by atomic mass is 9.79. The van der Waals surface area contributed by atoms with Crippen molar-refractivity contribution in [2.45, 2.75) is 19.4 Å². The summed E-state index contributed by atoms with van der Waals surface area (Å²) < 4.78 is 6.41. The fourth-order valence-electron chi connectivity index (χ4n) is 2.41. The molecule has 0 aromatic carbocycles. The Balaban J connectivity index is 0.00000200. The van der Waals surface area contributed by atoms with Crippen LogP contribution >= 0.6 is 39.7 Å². The Morgan fingerprint density at radius 2 is 2.20 bits per heavy atom. The van der Waals surface area contributed by atoms with E-state index in [0.29, 0.717) is 26.3 Å². The summed E-state index contributed by atoms with van der Waals surface area (Å²) in [5.41, 5.74) is 5.44. The Labute approximate surface area is 138 Å². The smallest absolute Gasteiger partial charge is 0.230 e. The predicted molar refractivity (Wildman–Crippen MR) is 87.3 cm³/mol. The first-order valence-electron chi connectivity index (χ1n) is 6.34. The highest BCUT2D eigenvalue weighted by atomic mass is 79.9. The molecule has 2 heterocycles. The van der Waals surface area contributed by atoms with Crippen LogP contribution in [0.3, 0.4) is 0 Å². The molecule has 0 unspecified atom stereocenters. The molecule has 1 amide bonds. The number of carbonyl (C=O) groups is 1. The van der Waals surface area contributed by atoms with E-state index in [0.717, 1.165) is 17.3 Å². The van der Waals surface area contributed by atoms with Crippen LogP contribution in [-0.2, 0) is 16.1 Å². The van der Waals surface area contributed by atoms with Gasteiger partial charge in [-0.15, -0.1) is 23.7 Å². The van der Waals surface area contributed by atoms with Crippen molar-refractivity contribution in [3.63, 3.8) is 0 Å². The second kappa shape index (κ2) is 7.75. The van der Waals surface area contributed by atoms with Gasteiger partial charge in [0.1, 0.15) is 0 Å². The minimum absolute atomic E-state index is 0. The van der Waals surface area contributed by atoms with E-state index in [4.69, 9.17) is 10.5 Å². The lowest BCUT2D eigenvalue weighted by molar-refractivity contribution is -0.146. The monoisotopic (exact) mass is 382 g/mol. The van der Waals surface area contributed by atoms with Crippen LogP contribution < -0.4 is 5.73 Å². The van der Waals surface area contributed by atoms with E-state index in [1.165, 1.54) is 4.88 Å². The first-order valence-corrected chi connectivity index (χ1v) is 8.01. The van der Waals surface area contributed by atoms with Crippen LogP contribution in [0.2, 0.25) is 0 Å². The number of thiophene rings is 1. The zero-order valence-corrected chi connectivity index (χ0v) is 14.7. The van der Waals surface area contributed by atoms with E-state index in [-0.39, 0.29) is 18.3 Å². The highest BCUT2D eigenvalue weighted by Gasteiger charge is 2.40. The maximum absolute atomic E-state index is 12.6. The molecule has 1 aromatic rings. The van der Waals surface area contributed by atoms with Gasteiger partial charge in [0.05, 0.1) is 12.0 Å². The van der Waals surface area contributed by atoms with E-state index in [9.17, 15) is 4.79 Å². The van der Waals surface area contributed by atoms with Crippen LogP contribution in [0.1, 0.15) is 17.7 Å². The van der Waals surface area contributed by atoms with Gasteiger partial charge in [0.15, 0.2) is 0 Å². The Bertz CT molecular complexity index is 449. The largest absolute Gasteiger partial charge is 0.381 e. The van der Waals surface area contributed by atoms with Gasteiger partial charge in [-0.1, -0.05) is 0 Å². The summed E-state index contributed by atoms with van der Waals surface area (Å²) in [6.07, 6.45) is 1.45. The summed E-state index contributed by atoms with van der Waals surface area (Å²) >= 11 is 5.08. The third-order valence-corrected chi connectivity index (χ3v) is 5.34. The van der Waals surface area contributed by atoms with Gasteiger partial charge in [0.2, 0.25) is 5.91 Å². The maximum atomic E-state index is 12.6. The van der Waals surface area contributed by atoms with Gasteiger partial charge in [-0.05, 0) is 34.8 Å². The Hall–Kier alpha value is -0.140. The van der Waals surface area contributed by atoms with Crippen molar-refractivity contribution < 1.29 is 9.53 Å². The van der Waals surface area contributed by atoms with Crippen molar-refractivity contribution in [2.24, 2.45) is 11.1 Å². The molecule has 2 N–H and O–H groups in total. The third-order valence-electron chi connectivity index (χ3n) is 3.66. The number of nitrogens with two attached hydrogens (primary N) is 1. The number of ether oxygens (including phenoxy) is 1. The lowest BCUT2D eigenvalue weighted by Gasteiger charge is -2.37. The summed E-state index contributed by atoms with van der Waals surface area (Å²) in [4.78, 5) is 15.6. The molecule has 114 valence electrons. The Kier molecular flexibility index (Phi) is 6.94. The molecule has 1 saturated heterocycles. The normalized spacial score (nSPS) is 17.4. The van der Waals surface area contributed by atoms with Crippen LogP contribution in [0.15, 0.2) is 15.9 Å². The molecule has 20 heavy (non-hydrogen) atoms. The first-order chi connectivity index (χ1) is 9.07. The van der Waals surface area contributed by atoms with Gasteiger partial charge < -0.3 is 15.4 Å². The number of carbonyl (C=O) groups excluding carboxylic acids is 1. The molecule has 1 aromatic heterocycles. The lowest BCUT2D eigenvalue weighted by Crippen LogP contribution is -2.49. The van der Waals surface area contributed by atoms with E-state index in [1.54, 1.807) is 16.2 Å². The van der Waals surface area contributed by atoms with E-state index in [2.05, 4.69) is 15.9 Å². The molecule has 0 atom stereocenters. The second-order valence-electron chi connectivity index (χ2n) is 4.99. The molecule has 7 heteroatoms.